The molecule has 8 heteroatoms. The minimum absolute atomic E-state index is 0.0402. The number of fused-ring (bicyclic) bond motifs is 1. The molecule has 0 unspecified atom stereocenters. The zero-order valence-electron chi connectivity index (χ0n) is 17.4. The van der Waals surface area contributed by atoms with Crippen LogP contribution in [-0.4, -0.2) is 21.2 Å². The maximum absolute atomic E-state index is 13.4. The van der Waals surface area contributed by atoms with Crippen LogP contribution in [0.25, 0.3) is 16.6 Å². The maximum Gasteiger partial charge on any atom is 0.266 e. The summed E-state index contributed by atoms with van der Waals surface area (Å²) in [5.41, 5.74) is 3.62. The van der Waals surface area contributed by atoms with Gasteiger partial charge in [0.1, 0.15) is 0 Å². The first-order chi connectivity index (χ1) is 15.3. The molecule has 4 aromatic rings. The van der Waals surface area contributed by atoms with Crippen molar-refractivity contribution in [2.24, 2.45) is 0 Å². The molecule has 0 spiro atoms. The Labute approximate surface area is 199 Å². The molecule has 0 saturated carbocycles. The molecule has 1 N–H and O–H groups in total. The molecular weight excluding hydrogens is 465 g/mol. The van der Waals surface area contributed by atoms with Gasteiger partial charge in [-0.2, -0.15) is 0 Å². The molecule has 0 bridgehead atoms. The fraction of sp³-hybridized carbons (Fsp3) is 0.125. The molecule has 1 heterocycles. The average Bonchev–Trinajstić information content (AvgIpc) is 2.76. The lowest BCUT2D eigenvalue weighted by Crippen LogP contribution is -2.23. The topological polar surface area (TPSA) is 64.0 Å². The number of nitrogens with one attached hydrogen (secondary N) is 1. The Hall–Kier alpha value is -2.80. The van der Waals surface area contributed by atoms with Gasteiger partial charge in [-0.1, -0.05) is 70.9 Å². The predicted octanol–water partition coefficient (Wildman–Crippen LogP) is 6.04. The van der Waals surface area contributed by atoms with E-state index in [0.717, 1.165) is 16.8 Å². The third-order valence-electron chi connectivity index (χ3n) is 4.90. The third kappa shape index (κ3) is 4.53. The van der Waals surface area contributed by atoms with Gasteiger partial charge in [-0.25, -0.2) is 4.98 Å². The van der Waals surface area contributed by atoms with Crippen molar-refractivity contribution in [2.45, 2.75) is 19.0 Å². The summed E-state index contributed by atoms with van der Waals surface area (Å²) in [4.78, 5) is 30.7. The number of anilines is 1. The summed E-state index contributed by atoms with van der Waals surface area (Å²) < 4.78 is 1.57. The van der Waals surface area contributed by atoms with Crippen LogP contribution in [0.3, 0.4) is 0 Å². The molecule has 0 aliphatic carbocycles. The lowest BCUT2D eigenvalue weighted by atomic mass is 10.1. The van der Waals surface area contributed by atoms with Gasteiger partial charge in [-0.05, 0) is 49.7 Å². The van der Waals surface area contributed by atoms with Crippen LogP contribution in [0.1, 0.15) is 11.1 Å². The zero-order valence-corrected chi connectivity index (χ0v) is 19.7. The van der Waals surface area contributed by atoms with Gasteiger partial charge in [0.25, 0.3) is 5.56 Å². The van der Waals surface area contributed by atoms with E-state index < -0.39 is 0 Å². The summed E-state index contributed by atoms with van der Waals surface area (Å²) in [6.45, 7) is 3.95. The first kappa shape index (κ1) is 22.4. The second kappa shape index (κ2) is 9.36. The van der Waals surface area contributed by atoms with Gasteiger partial charge in [-0.3, -0.25) is 14.2 Å². The van der Waals surface area contributed by atoms with E-state index >= 15 is 0 Å². The molecule has 4 rings (SSSR count). The molecule has 0 fully saturated rings. The van der Waals surface area contributed by atoms with Crippen LogP contribution in [0, 0.1) is 13.8 Å². The van der Waals surface area contributed by atoms with Crippen LogP contribution in [0.15, 0.2) is 70.6 Å². The van der Waals surface area contributed by atoms with E-state index in [4.69, 9.17) is 23.2 Å². The first-order valence-corrected chi connectivity index (χ1v) is 11.6. The number of carbonyl (C=O) groups excluding carboxylic acids is 1. The van der Waals surface area contributed by atoms with Crippen molar-refractivity contribution >= 4 is 57.5 Å². The van der Waals surface area contributed by atoms with Crippen LogP contribution in [0.4, 0.5) is 5.69 Å². The fourth-order valence-corrected chi connectivity index (χ4v) is 4.55. The highest BCUT2D eigenvalue weighted by atomic mass is 35.5. The molecule has 0 radical (unpaired) electrons. The number of nitrogens with zero attached hydrogens (tertiary/aromatic N) is 2. The molecular formula is C24H19Cl2N3O2S. The normalized spacial score (nSPS) is 11.0. The van der Waals surface area contributed by atoms with Crippen LogP contribution in [0.2, 0.25) is 10.0 Å². The Morgan fingerprint density at radius 3 is 2.62 bits per heavy atom. The predicted molar refractivity (Wildman–Crippen MR) is 133 cm³/mol. The Morgan fingerprint density at radius 2 is 1.84 bits per heavy atom. The lowest BCUT2D eigenvalue weighted by molar-refractivity contribution is -0.113. The molecule has 3 aromatic carbocycles. The van der Waals surface area contributed by atoms with Crippen molar-refractivity contribution < 1.29 is 4.79 Å². The van der Waals surface area contributed by atoms with E-state index in [-0.39, 0.29) is 22.2 Å². The quantitative estimate of drug-likeness (QED) is 0.277. The van der Waals surface area contributed by atoms with E-state index in [2.05, 4.69) is 10.3 Å². The monoisotopic (exact) mass is 483 g/mol. The van der Waals surface area contributed by atoms with Gasteiger partial charge in [-0.15, -0.1) is 0 Å². The highest BCUT2D eigenvalue weighted by Crippen LogP contribution is 2.30. The highest BCUT2D eigenvalue weighted by Gasteiger charge is 2.17. The van der Waals surface area contributed by atoms with Crippen LogP contribution in [0.5, 0.6) is 0 Å². The second-order valence-electron chi connectivity index (χ2n) is 7.28. The van der Waals surface area contributed by atoms with Crippen molar-refractivity contribution in [3.05, 3.63) is 92.2 Å². The van der Waals surface area contributed by atoms with Crippen molar-refractivity contribution in [2.75, 3.05) is 11.1 Å². The van der Waals surface area contributed by atoms with Gasteiger partial charge in [0.2, 0.25) is 5.91 Å². The number of thioether (sulfide) groups is 1. The fourth-order valence-electron chi connectivity index (χ4n) is 3.39. The van der Waals surface area contributed by atoms with Crippen molar-refractivity contribution in [3.63, 3.8) is 0 Å². The number of amides is 1. The lowest BCUT2D eigenvalue weighted by Gasteiger charge is -2.15. The van der Waals surface area contributed by atoms with Crippen LogP contribution < -0.4 is 10.9 Å². The number of aryl methyl sites for hydroxylation is 2. The Bertz CT molecular complexity index is 1400. The third-order valence-corrected chi connectivity index (χ3v) is 6.65. The number of benzene rings is 3. The largest absolute Gasteiger partial charge is 0.324 e. The van der Waals surface area contributed by atoms with Crippen molar-refractivity contribution in [3.8, 4) is 5.69 Å². The maximum atomic E-state index is 13.4. The van der Waals surface area contributed by atoms with Gasteiger partial charge >= 0.3 is 0 Å². The van der Waals surface area contributed by atoms with Gasteiger partial charge in [0, 0.05) is 0 Å². The van der Waals surface area contributed by atoms with E-state index in [1.165, 1.54) is 11.8 Å². The summed E-state index contributed by atoms with van der Waals surface area (Å²) >= 11 is 13.4. The molecule has 0 atom stereocenters. The number of hydrogen-bond donors (Lipinski definition) is 1. The smallest absolute Gasteiger partial charge is 0.266 e. The summed E-state index contributed by atoms with van der Waals surface area (Å²) in [6.07, 6.45) is 0. The van der Waals surface area contributed by atoms with Gasteiger partial charge in [0.15, 0.2) is 5.16 Å². The molecule has 5 nitrogen and oxygen atoms in total. The zero-order chi connectivity index (χ0) is 22.8. The summed E-state index contributed by atoms with van der Waals surface area (Å²) in [6, 6.07) is 18.1. The molecule has 0 saturated heterocycles. The van der Waals surface area contributed by atoms with E-state index in [9.17, 15) is 9.59 Å². The average molecular weight is 484 g/mol. The SMILES string of the molecule is Cc1ccc(-n2c(SCC(=O)Nc3cccc(Cl)c3Cl)nc3ccccc3c2=O)c(C)c1. The minimum Gasteiger partial charge on any atom is -0.324 e. The number of halogens is 2. The number of carbonyl (C=O) groups is 1. The number of aromatic nitrogens is 2. The number of para-hydroxylation sites is 1. The van der Waals surface area contributed by atoms with Crippen LogP contribution in [-0.2, 0) is 4.79 Å². The van der Waals surface area contributed by atoms with Gasteiger partial charge < -0.3 is 5.32 Å². The minimum atomic E-state index is -0.284. The van der Waals surface area contributed by atoms with Gasteiger partial charge in [0.05, 0.1) is 38.1 Å². The Kier molecular flexibility index (Phi) is 6.55. The highest BCUT2D eigenvalue weighted by molar-refractivity contribution is 7.99. The van der Waals surface area contributed by atoms with E-state index in [1.54, 1.807) is 34.9 Å². The molecule has 1 aromatic heterocycles. The summed E-state index contributed by atoms with van der Waals surface area (Å²) in [5, 5.41) is 4.36. The molecule has 1 amide bonds. The first-order valence-electron chi connectivity index (χ1n) is 9.81. The van der Waals surface area contributed by atoms with Crippen molar-refractivity contribution in [1.29, 1.82) is 0 Å². The molecule has 162 valence electrons. The molecule has 0 aliphatic rings. The number of rotatable bonds is 5. The summed E-state index contributed by atoms with van der Waals surface area (Å²) in [5.74, 6) is -0.243. The Balaban J connectivity index is 1.70. The van der Waals surface area contributed by atoms with E-state index in [0.29, 0.717) is 26.8 Å². The standard InChI is InChI=1S/C24H19Cl2N3O2S/c1-14-10-11-20(15(2)12-14)29-23(31)16-6-3-4-8-18(16)28-24(29)32-13-21(30)27-19-9-5-7-17(25)22(19)26/h3-12H,13H2,1-2H3,(H,27,30). The van der Waals surface area contributed by atoms with Crippen LogP contribution >= 0.6 is 35.0 Å². The van der Waals surface area contributed by atoms with Crippen molar-refractivity contribution in [1.82, 2.24) is 9.55 Å². The molecule has 32 heavy (non-hydrogen) atoms. The number of hydrogen-bond acceptors (Lipinski definition) is 4. The molecule has 0 aliphatic heterocycles. The second-order valence-corrected chi connectivity index (χ2v) is 9.01. The summed E-state index contributed by atoms with van der Waals surface area (Å²) in [7, 11) is 0. The Morgan fingerprint density at radius 1 is 1.06 bits per heavy atom. The van der Waals surface area contributed by atoms with E-state index in [1.807, 2.05) is 44.2 Å².